The van der Waals surface area contributed by atoms with Crippen LogP contribution in [0, 0.1) is 6.92 Å². The summed E-state index contributed by atoms with van der Waals surface area (Å²) in [5, 5.41) is 0. The molecule has 0 bridgehead atoms. The molecule has 1 rings (SSSR count). The first-order valence-electron chi connectivity index (χ1n) is 3.52. The van der Waals surface area contributed by atoms with Crippen LogP contribution in [0.3, 0.4) is 0 Å². The van der Waals surface area contributed by atoms with Gasteiger partial charge in [0.25, 0.3) is 0 Å². The fourth-order valence-electron chi connectivity index (χ4n) is 0.534. The number of pyridine rings is 1. The van der Waals surface area contributed by atoms with Crippen molar-refractivity contribution in [3.63, 3.8) is 0 Å². The molecule has 0 amide bonds. The Balaban J connectivity index is 0.000000241. The van der Waals surface area contributed by atoms with Crippen molar-refractivity contribution < 1.29 is 22.2 Å². The Morgan fingerprint density at radius 1 is 1.50 bits per heavy atom. The second-order valence-corrected chi connectivity index (χ2v) is 3.18. The van der Waals surface area contributed by atoms with Gasteiger partial charge < -0.3 is 0 Å². The van der Waals surface area contributed by atoms with Crippen molar-refractivity contribution in [3.8, 4) is 0 Å². The zero-order valence-electron chi connectivity index (χ0n) is 7.75. The van der Waals surface area contributed by atoms with Crippen LogP contribution in [0.4, 0.5) is 0 Å². The van der Waals surface area contributed by atoms with E-state index in [0.717, 1.165) is 7.11 Å². The average molecular weight is 221 g/mol. The Bertz CT molecular complexity index is 336. The maximum Gasteiger partial charge on any atom is 0.424 e. The van der Waals surface area contributed by atoms with Crippen molar-refractivity contribution in [2.45, 2.75) is 6.92 Å². The highest BCUT2D eigenvalue weighted by molar-refractivity contribution is 7.80. The first kappa shape index (κ1) is 13.0. The third-order valence-corrected chi connectivity index (χ3v) is 1.27. The number of rotatable bonds is 2. The summed E-state index contributed by atoms with van der Waals surface area (Å²) in [6.45, 7) is 2.02. The predicted octanol–water partition coefficient (Wildman–Crippen LogP) is 0.757. The number of aromatic nitrogens is 1. The summed E-state index contributed by atoms with van der Waals surface area (Å²) in [5.74, 6) is 0. The number of nitrogens with zero attached hydrogens (tertiary/aromatic N) is 1. The van der Waals surface area contributed by atoms with Gasteiger partial charge in [0.1, 0.15) is 0 Å². The van der Waals surface area contributed by atoms with Gasteiger partial charge in [-0.25, -0.2) is 4.89 Å². The summed E-state index contributed by atoms with van der Waals surface area (Å²) in [5.41, 5.74) is 1.21. The van der Waals surface area contributed by atoms with E-state index in [4.69, 9.17) is 4.55 Å². The van der Waals surface area contributed by atoms with Crippen LogP contribution in [-0.2, 0) is 19.6 Å². The smallest absolute Gasteiger partial charge is 0.264 e. The highest BCUT2D eigenvalue weighted by Crippen LogP contribution is 1.88. The monoisotopic (exact) mass is 221 g/mol. The fourth-order valence-corrected chi connectivity index (χ4v) is 0.706. The van der Waals surface area contributed by atoms with E-state index in [2.05, 4.69) is 14.2 Å². The summed E-state index contributed by atoms with van der Waals surface area (Å²) in [6, 6.07) is 3.95. The first-order chi connectivity index (χ1) is 6.45. The van der Waals surface area contributed by atoms with Crippen LogP contribution in [0.15, 0.2) is 24.5 Å². The number of hydrogen-bond acceptors (Lipinski definition) is 5. The molecule has 0 unspecified atom stereocenters. The third-order valence-electron chi connectivity index (χ3n) is 0.963. The van der Waals surface area contributed by atoms with Gasteiger partial charge in [0.15, 0.2) is 0 Å². The van der Waals surface area contributed by atoms with Gasteiger partial charge in [0.05, 0.1) is 7.11 Å². The summed E-state index contributed by atoms with van der Waals surface area (Å²) >= 11 is 0. The summed E-state index contributed by atoms with van der Waals surface area (Å²) in [6.07, 6.45) is 3.60. The molecule has 0 radical (unpaired) electrons. The Labute approximate surface area is 82.4 Å². The molecule has 0 atom stereocenters. The molecule has 0 aliphatic carbocycles. The van der Waals surface area contributed by atoms with E-state index < -0.39 is 10.4 Å². The zero-order valence-corrected chi connectivity index (χ0v) is 8.56. The predicted molar refractivity (Wildman–Crippen MR) is 48.6 cm³/mol. The molecule has 0 spiro atoms. The van der Waals surface area contributed by atoms with Crippen LogP contribution in [-0.4, -0.2) is 25.1 Å². The molecular formula is C7H11NO5S. The van der Waals surface area contributed by atoms with E-state index in [9.17, 15) is 8.42 Å². The Morgan fingerprint density at radius 3 is 2.29 bits per heavy atom. The van der Waals surface area contributed by atoms with Crippen LogP contribution < -0.4 is 0 Å². The summed E-state index contributed by atoms with van der Waals surface area (Å²) in [4.78, 5) is 7.45. The highest BCUT2D eigenvalue weighted by Gasteiger charge is 2.00. The SMILES string of the molecule is COOS(=O)(=O)O.Cc1cccnc1. The van der Waals surface area contributed by atoms with Crippen molar-refractivity contribution >= 4 is 10.4 Å². The molecule has 1 aromatic rings. The highest BCUT2D eigenvalue weighted by atomic mass is 32.3. The van der Waals surface area contributed by atoms with Gasteiger partial charge in [-0.15, -0.1) is 0 Å². The van der Waals surface area contributed by atoms with Crippen molar-refractivity contribution in [1.29, 1.82) is 0 Å². The molecule has 7 heteroatoms. The number of aryl methyl sites for hydroxylation is 1. The molecular weight excluding hydrogens is 210 g/mol. The Hall–Kier alpha value is -1.02. The van der Waals surface area contributed by atoms with Crippen LogP contribution in [0.1, 0.15) is 5.56 Å². The fraction of sp³-hybridized carbons (Fsp3) is 0.286. The molecule has 0 fully saturated rings. The Kier molecular flexibility index (Phi) is 5.97. The van der Waals surface area contributed by atoms with E-state index in [-0.39, 0.29) is 0 Å². The third kappa shape index (κ3) is 9.07. The minimum absolute atomic E-state index is 0.966. The molecule has 1 heterocycles. The normalized spacial score (nSPS) is 10.2. The first-order valence-corrected chi connectivity index (χ1v) is 4.88. The minimum atomic E-state index is -4.40. The van der Waals surface area contributed by atoms with Gasteiger partial charge in [-0.2, -0.15) is 8.42 Å². The standard InChI is InChI=1S/C6H7N.CH4O5S/c1-6-3-2-4-7-5-6;1-5-6-7(2,3)4/h2-5H,1H3;1H3,(H,2,3,4). The zero-order chi connectivity index (χ0) is 11.0. The average Bonchev–Trinajstić information content (AvgIpc) is 2.04. The van der Waals surface area contributed by atoms with Gasteiger partial charge in [0.2, 0.25) is 0 Å². The van der Waals surface area contributed by atoms with Crippen molar-refractivity contribution in [2.24, 2.45) is 0 Å². The van der Waals surface area contributed by atoms with E-state index in [0.29, 0.717) is 0 Å². The largest absolute Gasteiger partial charge is 0.424 e. The maximum absolute atomic E-state index is 9.44. The lowest BCUT2D eigenvalue weighted by molar-refractivity contribution is -0.179. The second kappa shape index (κ2) is 6.44. The van der Waals surface area contributed by atoms with Gasteiger partial charge in [-0.1, -0.05) is 10.4 Å². The van der Waals surface area contributed by atoms with Crippen molar-refractivity contribution in [3.05, 3.63) is 30.1 Å². The van der Waals surface area contributed by atoms with Gasteiger partial charge >= 0.3 is 10.4 Å². The lowest BCUT2D eigenvalue weighted by Gasteiger charge is -1.87. The molecule has 0 aliphatic rings. The van der Waals surface area contributed by atoms with Gasteiger partial charge in [-0.3, -0.25) is 9.54 Å². The Morgan fingerprint density at radius 2 is 2.14 bits per heavy atom. The van der Waals surface area contributed by atoms with Crippen LogP contribution >= 0.6 is 0 Å². The lowest BCUT2D eigenvalue weighted by atomic mass is 10.3. The van der Waals surface area contributed by atoms with Crippen molar-refractivity contribution in [2.75, 3.05) is 7.11 Å². The molecule has 0 saturated heterocycles. The van der Waals surface area contributed by atoms with Crippen LogP contribution in [0.25, 0.3) is 0 Å². The maximum atomic E-state index is 9.44. The number of hydrogen-bond donors (Lipinski definition) is 1. The topological polar surface area (TPSA) is 85.7 Å². The van der Waals surface area contributed by atoms with E-state index >= 15 is 0 Å². The van der Waals surface area contributed by atoms with E-state index in [1.807, 2.05) is 25.3 Å². The van der Waals surface area contributed by atoms with E-state index in [1.165, 1.54) is 5.56 Å². The van der Waals surface area contributed by atoms with Crippen LogP contribution in [0.2, 0.25) is 0 Å². The quantitative estimate of drug-likeness (QED) is 0.450. The lowest BCUT2D eigenvalue weighted by Crippen LogP contribution is -2.00. The molecule has 0 saturated carbocycles. The minimum Gasteiger partial charge on any atom is -0.264 e. The molecule has 1 N–H and O–H groups in total. The molecule has 0 aliphatic heterocycles. The second-order valence-electron chi connectivity index (χ2n) is 2.19. The van der Waals surface area contributed by atoms with E-state index in [1.54, 1.807) is 6.20 Å². The summed E-state index contributed by atoms with van der Waals surface area (Å²) in [7, 11) is -3.43. The molecule has 6 nitrogen and oxygen atoms in total. The molecule has 0 aromatic carbocycles. The van der Waals surface area contributed by atoms with Gasteiger partial charge in [0, 0.05) is 12.4 Å². The molecule has 14 heavy (non-hydrogen) atoms. The molecule has 1 aromatic heterocycles. The van der Waals surface area contributed by atoms with Crippen LogP contribution in [0.5, 0.6) is 0 Å². The summed E-state index contributed by atoms with van der Waals surface area (Å²) < 4.78 is 29.8. The van der Waals surface area contributed by atoms with Gasteiger partial charge in [-0.05, 0) is 18.6 Å². The molecule has 80 valence electrons. The van der Waals surface area contributed by atoms with Crippen molar-refractivity contribution in [1.82, 2.24) is 4.98 Å².